The van der Waals surface area contributed by atoms with E-state index in [-0.39, 0.29) is 40.5 Å². The van der Waals surface area contributed by atoms with Crippen molar-refractivity contribution in [3.8, 4) is 27.6 Å². The fourth-order valence-electron chi connectivity index (χ4n) is 7.87. The van der Waals surface area contributed by atoms with E-state index in [1.165, 1.54) is 36.6 Å². The molecule has 6 aromatic rings. The second-order valence-corrected chi connectivity index (χ2v) is 14.3. The van der Waals surface area contributed by atoms with Crippen molar-refractivity contribution in [2.24, 2.45) is 0 Å². The van der Waals surface area contributed by atoms with Crippen LogP contribution in [-0.2, 0) is 12.8 Å². The Morgan fingerprint density at radius 2 is 1.87 bits per heavy atom. The number of alkyl halides is 2. The fraction of sp³-hybridized carbons (Fsp3) is 0.289. The minimum absolute atomic E-state index is 0.130. The van der Waals surface area contributed by atoms with Crippen LogP contribution in [0.4, 0.5) is 23.4 Å². The molecular weight excluding hydrogens is 697 g/mol. The van der Waals surface area contributed by atoms with Crippen LogP contribution < -0.4 is 10.1 Å². The quantitative estimate of drug-likeness (QED) is 0.156. The van der Waals surface area contributed by atoms with Gasteiger partial charge in [-0.05, 0) is 72.5 Å². The molecule has 0 unspecified atom stereocenters. The number of fused-ring (bicyclic) bond motifs is 5. The van der Waals surface area contributed by atoms with Gasteiger partial charge in [0, 0.05) is 35.7 Å². The van der Waals surface area contributed by atoms with Crippen LogP contribution in [0, 0.1) is 18.6 Å². The highest BCUT2D eigenvalue weighted by molar-refractivity contribution is 7.23. The van der Waals surface area contributed by atoms with Crippen LogP contribution in [0.5, 0.6) is 5.75 Å². The maximum atomic E-state index is 15.7. The van der Waals surface area contributed by atoms with Crippen molar-refractivity contribution in [3.05, 3.63) is 106 Å². The first-order chi connectivity index (χ1) is 25.2. The highest BCUT2D eigenvalue weighted by Crippen LogP contribution is 2.52. The number of amides is 1. The second kappa shape index (κ2) is 12.4. The van der Waals surface area contributed by atoms with E-state index in [1.54, 1.807) is 31.3 Å². The summed E-state index contributed by atoms with van der Waals surface area (Å²) in [4.78, 5) is 26.4. The summed E-state index contributed by atoms with van der Waals surface area (Å²) < 4.78 is 71.0. The summed E-state index contributed by atoms with van der Waals surface area (Å²) in [7, 11) is 1.22. The Labute approximate surface area is 298 Å². The zero-order valence-corrected chi connectivity index (χ0v) is 28.7. The monoisotopic (exact) mass is 726 g/mol. The maximum Gasteiger partial charge on any atom is 0.257 e. The first kappa shape index (κ1) is 32.5. The summed E-state index contributed by atoms with van der Waals surface area (Å²) in [5, 5.41) is 12.3. The van der Waals surface area contributed by atoms with E-state index in [0.717, 1.165) is 29.9 Å². The van der Waals surface area contributed by atoms with Crippen LogP contribution in [0.15, 0.2) is 59.1 Å². The number of pyridine rings is 2. The van der Waals surface area contributed by atoms with E-state index < -0.39 is 24.2 Å². The number of nitrogens with zero attached hydrogens (tertiary/aromatic N) is 5. The fourth-order valence-corrected chi connectivity index (χ4v) is 9.03. The molecule has 0 radical (unpaired) electrons. The second-order valence-electron chi connectivity index (χ2n) is 13.2. The van der Waals surface area contributed by atoms with Gasteiger partial charge >= 0.3 is 0 Å². The zero-order valence-electron chi connectivity index (χ0n) is 27.9. The molecule has 4 aromatic heterocycles. The number of nitrogens with one attached hydrogen (secondary N) is 1. The lowest BCUT2D eigenvalue weighted by atomic mass is 9.93. The van der Waals surface area contributed by atoms with Crippen LogP contribution in [0.2, 0.25) is 0 Å². The molecule has 0 saturated carbocycles. The summed E-state index contributed by atoms with van der Waals surface area (Å²) in [6.07, 6.45) is 0.0502. The number of ether oxygens (including phenoxy) is 1. The number of methoxy groups -OCH3 is 1. The van der Waals surface area contributed by atoms with Crippen molar-refractivity contribution in [1.29, 1.82) is 0 Å². The highest BCUT2D eigenvalue weighted by atomic mass is 32.1. The molecule has 1 saturated heterocycles. The number of rotatable bonds is 8. The molecule has 9 nitrogen and oxygen atoms in total. The summed E-state index contributed by atoms with van der Waals surface area (Å²) in [6, 6.07) is 11.2. The van der Waals surface area contributed by atoms with E-state index in [1.807, 2.05) is 11.0 Å². The van der Waals surface area contributed by atoms with E-state index in [2.05, 4.69) is 20.5 Å². The molecule has 9 rings (SSSR count). The first-order valence-electron chi connectivity index (χ1n) is 16.9. The number of benzene rings is 2. The smallest absolute Gasteiger partial charge is 0.257 e. The molecule has 2 aliphatic heterocycles. The van der Waals surface area contributed by atoms with Gasteiger partial charge in [-0.1, -0.05) is 18.2 Å². The van der Waals surface area contributed by atoms with Gasteiger partial charge in [-0.3, -0.25) is 9.78 Å². The van der Waals surface area contributed by atoms with Crippen molar-refractivity contribution in [3.63, 3.8) is 0 Å². The third kappa shape index (κ3) is 5.06. The van der Waals surface area contributed by atoms with Crippen LogP contribution in [0.3, 0.4) is 0 Å². The minimum atomic E-state index is -2.11. The van der Waals surface area contributed by atoms with Gasteiger partial charge in [0.15, 0.2) is 23.9 Å². The number of aromatic nitrogens is 4. The number of carbonyl (C=O) groups is 1. The number of thiophene rings is 1. The van der Waals surface area contributed by atoms with Crippen LogP contribution in [0.1, 0.15) is 75.4 Å². The van der Waals surface area contributed by atoms with Gasteiger partial charge in [0.1, 0.15) is 11.6 Å². The SMILES string of the molecule is COc1c(F)ccc2c1[C@@H](F)[C@@H](F)[C@H]2Nc1nccc2cc(-c3c4c(nc(CCc5ccc(F)cc5)c3-c3nnc(C)o3)[C@H]3CCCN3C4=O)sc12. The average molecular weight is 727 g/mol. The summed E-state index contributed by atoms with van der Waals surface area (Å²) in [5.74, 6) is -0.701. The molecule has 2 aromatic carbocycles. The minimum Gasteiger partial charge on any atom is -0.493 e. The predicted molar refractivity (Wildman–Crippen MR) is 186 cm³/mol. The van der Waals surface area contributed by atoms with Gasteiger partial charge in [0.25, 0.3) is 5.91 Å². The molecule has 1 amide bonds. The van der Waals surface area contributed by atoms with Gasteiger partial charge < -0.3 is 19.4 Å². The van der Waals surface area contributed by atoms with Crippen molar-refractivity contribution >= 4 is 33.1 Å². The Morgan fingerprint density at radius 1 is 1.04 bits per heavy atom. The number of halogens is 4. The first-order valence-corrected chi connectivity index (χ1v) is 17.8. The normalized spacial score (nSPS) is 20.4. The van der Waals surface area contributed by atoms with Gasteiger partial charge in [0.2, 0.25) is 11.8 Å². The molecule has 14 heteroatoms. The molecule has 1 fully saturated rings. The Kier molecular flexibility index (Phi) is 7.75. The van der Waals surface area contributed by atoms with Gasteiger partial charge in [-0.15, -0.1) is 21.5 Å². The molecule has 52 heavy (non-hydrogen) atoms. The number of hydrogen-bond donors (Lipinski definition) is 1. The molecule has 4 atom stereocenters. The summed E-state index contributed by atoms with van der Waals surface area (Å²) in [6.45, 7) is 2.30. The molecule has 264 valence electrons. The Bertz CT molecular complexity index is 2400. The van der Waals surface area contributed by atoms with Gasteiger partial charge in [-0.25, -0.2) is 22.5 Å². The largest absolute Gasteiger partial charge is 0.493 e. The predicted octanol–water partition coefficient (Wildman–Crippen LogP) is 8.59. The Hall–Kier alpha value is -5.37. The standard InChI is InChI=1S/C38H30F4N6O3S/c1-17-46-47-37(51-17)27-23(12-7-18-5-8-20(39)9-6-18)44-33-24-4-3-15-48(24)38(49)29(33)28(27)25-16-19-13-14-43-36(35(19)52-25)45-32-21-10-11-22(40)34(50-2)26(21)30(41)31(32)42/h5-6,8-11,13-14,16,24,30-32H,3-4,7,12,15H2,1-2H3,(H,43,45)/t24-,30-,31-,32+/m1/s1. The van der Waals surface area contributed by atoms with Crippen molar-refractivity contribution in [2.45, 2.75) is 57.0 Å². The van der Waals surface area contributed by atoms with Crippen molar-refractivity contribution in [2.75, 3.05) is 19.0 Å². The van der Waals surface area contributed by atoms with Crippen molar-refractivity contribution < 1.29 is 31.5 Å². The maximum absolute atomic E-state index is 15.7. The van der Waals surface area contributed by atoms with Crippen molar-refractivity contribution in [1.82, 2.24) is 25.1 Å². The number of carbonyl (C=O) groups excluding carboxylic acids is 1. The highest BCUT2D eigenvalue weighted by Gasteiger charge is 2.46. The van der Waals surface area contributed by atoms with Gasteiger partial charge in [-0.2, -0.15) is 0 Å². The molecule has 1 N–H and O–H groups in total. The topological polar surface area (TPSA) is 106 Å². The van der Waals surface area contributed by atoms with E-state index in [0.29, 0.717) is 68.8 Å². The lowest BCUT2D eigenvalue weighted by Gasteiger charge is -2.18. The van der Waals surface area contributed by atoms with E-state index in [4.69, 9.17) is 14.1 Å². The van der Waals surface area contributed by atoms with Crippen LogP contribution >= 0.6 is 11.3 Å². The molecule has 0 bridgehead atoms. The summed E-state index contributed by atoms with van der Waals surface area (Å²) in [5.41, 5.74) is 3.96. The number of aryl methyl sites for hydroxylation is 3. The average Bonchev–Trinajstić information content (AvgIpc) is 3.97. The molecule has 0 spiro atoms. The summed E-state index contributed by atoms with van der Waals surface area (Å²) >= 11 is 1.33. The van der Waals surface area contributed by atoms with E-state index in [9.17, 15) is 13.6 Å². The third-order valence-corrected chi connectivity index (χ3v) is 11.4. The number of hydrogen-bond acceptors (Lipinski definition) is 9. The van der Waals surface area contributed by atoms with E-state index >= 15 is 8.78 Å². The third-order valence-electron chi connectivity index (χ3n) is 10.2. The van der Waals surface area contributed by atoms with Crippen LogP contribution in [0.25, 0.3) is 32.0 Å². The number of anilines is 1. The molecule has 6 heterocycles. The lowest BCUT2D eigenvalue weighted by Crippen LogP contribution is -2.22. The molecule has 3 aliphatic rings. The lowest BCUT2D eigenvalue weighted by molar-refractivity contribution is 0.0776. The Morgan fingerprint density at radius 3 is 2.63 bits per heavy atom. The molecular formula is C38H30F4N6O3S. The van der Waals surface area contributed by atoms with Gasteiger partial charge in [0.05, 0.1) is 46.4 Å². The Balaban J connectivity index is 1.20. The van der Waals surface area contributed by atoms with Crippen LogP contribution in [-0.4, -0.2) is 50.8 Å². The molecule has 1 aliphatic carbocycles. The zero-order chi connectivity index (χ0) is 35.8.